The Hall–Kier alpha value is -2.88. The Balaban J connectivity index is 1.57. The summed E-state index contributed by atoms with van der Waals surface area (Å²) in [6, 6.07) is 11.0. The van der Waals surface area contributed by atoms with Gasteiger partial charge in [-0.15, -0.1) is 11.3 Å². The summed E-state index contributed by atoms with van der Waals surface area (Å²) in [6.07, 6.45) is 1.71. The lowest BCUT2D eigenvalue weighted by atomic mass is 9.86. The van der Waals surface area contributed by atoms with Crippen molar-refractivity contribution in [3.8, 4) is 0 Å². The average Bonchev–Trinajstić information content (AvgIpc) is 3.52. The number of aliphatic hydroxyl groups is 1. The number of nitrogens with zero attached hydrogens (tertiary/aromatic N) is 2. The Morgan fingerprint density at radius 2 is 1.97 bits per heavy atom. The first-order valence-corrected chi connectivity index (χ1v) is 13.4. The SMILES string of the molecule is CC(=O)N[C@@H](Cc1cc(F)cc(F)c1)[C@@H](O)CNC1(c2cccc(C(C)C)c2)CCN(c2nccs2)C1. The maximum absolute atomic E-state index is 13.8. The molecule has 1 aliphatic rings. The Bertz CT molecular complexity index is 1190. The molecule has 0 bridgehead atoms. The number of rotatable bonds is 10. The summed E-state index contributed by atoms with van der Waals surface area (Å²) >= 11 is 1.59. The number of carbonyl (C=O) groups is 1. The van der Waals surface area contributed by atoms with Crippen LogP contribution in [0.5, 0.6) is 0 Å². The molecule has 1 aromatic heterocycles. The first-order valence-electron chi connectivity index (χ1n) is 12.6. The van der Waals surface area contributed by atoms with Crippen molar-refractivity contribution < 1.29 is 18.7 Å². The minimum Gasteiger partial charge on any atom is -0.390 e. The minimum atomic E-state index is -0.991. The van der Waals surface area contributed by atoms with Gasteiger partial charge in [-0.3, -0.25) is 4.79 Å². The Kier molecular flexibility index (Phi) is 8.56. The molecule has 1 fully saturated rings. The monoisotopic (exact) mass is 528 g/mol. The van der Waals surface area contributed by atoms with Crippen molar-refractivity contribution in [2.75, 3.05) is 24.5 Å². The number of thiazole rings is 1. The largest absolute Gasteiger partial charge is 0.390 e. The summed E-state index contributed by atoms with van der Waals surface area (Å²) in [5.41, 5.74) is 2.29. The molecule has 3 atom stereocenters. The van der Waals surface area contributed by atoms with Crippen LogP contribution >= 0.6 is 11.3 Å². The van der Waals surface area contributed by atoms with Gasteiger partial charge in [0.25, 0.3) is 0 Å². The number of anilines is 1. The van der Waals surface area contributed by atoms with Crippen LogP contribution in [0.2, 0.25) is 0 Å². The molecule has 4 rings (SSSR count). The molecule has 0 spiro atoms. The highest BCUT2D eigenvalue weighted by atomic mass is 32.1. The van der Waals surface area contributed by atoms with Crippen molar-refractivity contribution in [3.05, 3.63) is 82.4 Å². The molecule has 1 aliphatic heterocycles. The van der Waals surface area contributed by atoms with E-state index in [1.54, 1.807) is 17.5 Å². The highest BCUT2D eigenvalue weighted by molar-refractivity contribution is 7.13. The summed E-state index contributed by atoms with van der Waals surface area (Å²) in [5.74, 6) is -1.34. The molecule has 198 valence electrons. The number of nitrogens with one attached hydrogen (secondary N) is 2. The summed E-state index contributed by atoms with van der Waals surface area (Å²) < 4.78 is 27.5. The third-order valence-electron chi connectivity index (χ3n) is 6.95. The maximum Gasteiger partial charge on any atom is 0.217 e. The van der Waals surface area contributed by atoms with Gasteiger partial charge in [-0.2, -0.15) is 0 Å². The first-order chi connectivity index (χ1) is 17.6. The van der Waals surface area contributed by atoms with E-state index in [0.717, 1.165) is 29.7 Å². The molecule has 2 aromatic carbocycles. The molecular formula is C28H34F2N4O2S. The number of aromatic nitrogens is 1. The molecule has 3 N–H and O–H groups in total. The summed E-state index contributed by atoms with van der Waals surface area (Å²) in [4.78, 5) is 18.6. The van der Waals surface area contributed by atoms with Gasteiger partial charge < -0.3 is 20.6 Å². The Morgan fingerprint density at radius 3 is 2.62 bits per heavy atom. The standard InChI is InChI=1S/C28H34F2N4O2S/c1-18(2)21-5-4-6-22(14-21)28(7-9-34(17-28)27-31-8-10-37-27)32-16-26(36)25(33-19(3)35)13-20-11-23(29)15-24(30)12-20/h4-6,8,10-12,14-15,18,25-26,32,36H,7,9,13,16-17H2,1-3H3,(H,33,35)/t25-,26-,28?/m0/s1. The highest BCUT2D eigenvalue weighted by Gasteiger charge is 2.41. The second kappa shape index (κ2) is 11.7. The van der Waals surface area contributed by atoms with E-state index in [0.29, 0.717) is 18.0 Å². The number of hydrogen-bond donors (Lipinski definition) is 3. The van der Waals surface area contributed by atoms with E-state index in [1.165, 1.54) is 24.6 Å². The van der Waals surface area contributed by atoms with E-state index >= 15 is 0 Å². The van der Waals surface area contributed by atoms with Crippen molar-refractivity contribution in [2.45, 2.75) is 57.2 Å². The number of benzene rings is 2. The van der Waals surface area contributed by atoms with Gasteiger partial charge in [-0.1, -0.05) is 38.1 Å². The van der Waals surface area contributed by atoms with E-state index in [-0.39, 0.29) is 18.9 Å². The lowest BCUT2D eigenvalue weighted by molar-refractivity contribution is -0.120. The van der Waals surface area contributed by atoms with Crippen molar-refractivity contribution >= 4 is 22.4 Å². The van der Waals surface area contributed by atoms with E-state index in [2.05, 4.69) is 58.6 Å². The topological polar surface area (TPSA) is 77.5 Å². The van der Waals surface area contributed by atoms with Gasteiger partial charge in [0, 0.05) is 44.2 Å². The van der Waals surface area contributed by atoms with Gasteiger partial charge in [0.05, 0.1) is 17.7 Å². The van der Waals surface area contributed by atoms with E-state index in [4.69, 9.17) is 0 Å². The normalized spacial score (nSPS) is 19.3. The van der Waals surface area contributed by atoms with Crippen LogP contribution in [0.4, 0.5) is 13.9 Å². The number of aliphatic hydroxyl groups excluding tert-OH is 1. The zero-order valence-corrected chi connectivity index (χ0v) is 22.2. The molecule has 6 nitrogen and oxygen atoms in total. The van der Waals surface area contributed by atoms with Crippen LogP contribution in [0.15, 0.2) is 54.0 Å². The third-order valence-corrected chi connectivity index (χ3v) is 7.78. The molecular weight excluding hydrogens is 494 g/mol. The molecule has 0 radical (unpaired) electrons. The molecule has 1 amide bonds. The number of halogens is 2. The van der Waals surface area contributed by atoms with Crippen LogP contribution in [-0.4, -0.2) is 47.8 Å². The van der Waals surface area contributed by atoms with Gasteiger partial charge in [-0.05, 0) is 47.6 Å². The Morgan fingerprint density at radius 1 is 1.22 bits per heavy atom. The van der Waals surface area contributed by atoms with E-state index in [9.17, 15) is 18.7 Å². The number of amides is 1. The van der Waals surface area contributed by atoms with Gasteiger partial charge in [-0.25, -0.2) is 13.8 Å². The van der Waals surface area contributed by atoms with Crippen LogP contribution in [0.1, 0.15) is 49.8 Å². The molecule has 1 unspecified atom stereocenters. The van der Waals surface area contributed by atoms with Crippen LogP contribution in [0, 0.1) is 11.6 Å². The quantitative estimate of drug-likeness (QED) is 0.365. The van der Waals surface area contributed by atoms with Crippen LogP contribution in [-0.2, 0) is 16.8 Å². The fourth-order valence-electron chi connectivity index (χ4n) is 4.99. The summed E-state index contributed by atoms with van der Waals surface area (Å²) in [5, 5.41) is 20.5. The minimum absolute atomic E-state index is 0.0954. The molecule has 1 saturated heterocycles. The second-order valence-electron chi connectivity index (χ2n) is 10.1. The lowest BCUT2D eigenvalue weighted by Gasteiger charge is -2.34. The summed E-state index contributed by atoms with van der Waals surface area (Å²) in [7, 11) is 0. The predicted octanol–water partition coefficient (Wildman–Crippen LogP) is 4.35. The predicted molar refractivity (Wildman–Crippen MR) is 143 cm³/mol. The van der Waals surface area contributed by atoms with Crippen molar-refractivity contribution in [3.63, 3.8) is 0 Å². The molecule has 37 heavy (non-hydrogen) atoms. The molecule has 2 heterocycles. The molecule has 0 aliphatic carbocycles. The first kappa shape index (κ1) is 27.2. The van der Waals surface area contributed by atoms with Crippen LogP contribution in [0.3, 0.4) is 0 Å². The van der Waals surface area contributed by atoms with Crippen molar-refractivity contribution in [1.82, 2.24) is 15.6 Å². The second-order valence-corrected chi connectivity index (χ2v) is 11.0. The number of hydrogen-bond acceptors (Lipinski definition) is 6. The van der Waals surface area contributed by atoms with Crippen LogP contribution in [0.25, 0.3) is 0 Å². The van der Waals surface area contributed by atoms with E-state index in [1.807, 2.05) is 5.38 Å². The van der Waals surface area contributed by atoms with Gasteiger partial charge in [0.1, 0.15) is 11.6 Å². The zero-order valence-electron chi connectivity index (χ0n) is 21.4. The lowest BCUT2D eigenvalue weighted by Crippen LogP contribution is -2.53. The Labute approximate surface area is 220 Å². The van der Waals surface area contributed by atoms with E-state index < -0.39 is 29.3 Å². The smallest absolute Gasteiger partial charge is 0.217 e. The third kappa shape index (κ3) is 6.71. The van der Waals surface area contributed by atoms with Crippen molar-refractivity contribution in [2.24, 2.45) is 0 Å². The number of carbonyl (C=O) groups excluding carboxylic acids is 1. The maximum atomic E-state index is 13.8. The van der Waals surface area contributed by atoms with Crippen LogP contribution < -0.4 is 15.5 Å². The zero-order chi connectivity index (χ0) is 26.6. The van der Waals surface area contributed by atoms with Crippen molar-refractivity contribution in [1.29, 1.82) is 0 Å². The van der Waals surface area contributed by atoms with Gasteiger partial charge >= 0.3 is 0 Å². The highest BCUT2D eigenvalue weighted by Crippen LogP contribution is 2.36. The van der Waals surface area contributed by atoms with Gasteiger partial charge in [0.15, 0.2) is 5.13 Å². The van der Waals surface area contributed by atoms with Gasteiger partial charge in [0.2, 0.25) is 5.91 Å². The fourth-order valence-corrected chi connectivity index (χ4v) is 5.66. The molecule has 9 heteroatoms. The summed E-state index contributed by atoms with van der Waals surface area (Å²) in [6.45, 7) is 7.34. The fraction of sp³-hybridized carbons (Fsp3) is 0.429. The molecule has 3 aromatic rings. The average molecular weight is 529 g/mol. The molecule has 0 saturated carbocycles.